The zero-order valence-corrected chi connectivity index (χ0v) is 16.4. The third-order valence-electron chi connectivity index (χ3n) is 4.40. The molecule has 0 aliphatic carbocycles. The number of aromatic nitrogens is 1. The van der Waals surface area contributed by atoms with Crippen molar-refractivity contribution >= 4 is 34.5 Å². The SMILES string of the molecule is O=C(CN1CCOCC1)Nc1ccc(NC(=O)c2cc(-c3cccs3)on2)cc1. The molecular formula is C20H20N4O4S. The van der Waals surface area contributed by atoms with Crippen molar-refractivity contribution < 1.29 is 18.8 Å². The van der Waals surface area contributed by atoms with Gasteiger partial charge in [0.15, 0.2) is 11.5 Å². The van der Waals surface area contributed by atoms with E-state index in [0.717, 1.165) is 18.0 Å². The fourth-order valence-corrected chi connectivity index (χ4v) is 3.59. The minimum Gasteiger partial charge on any atom is -0.379 e. The summed E-state index contributed by atoms with van der Waals surface area (Å²) in [5, 5.41) is 11.4. The van der Waals surface area contributed by atoms with Gasteiger partial charge in [-0.25, -0.2) is 0 Å². The number of ether oxygens (including phenoxy) is 1. The van der Waals surface area contributed by atoms with Gasteiger partial charge in [-0.3, -0.25) is 14.5 Å². The Hall–Kier alpha value is -3.01. The van der Waals surface area contributed by atoms with Crippen LogP contribution in [-0.2, 0) is 9.53 Å². The number of thiophene rings is 1. The second-order valence-corrected chi connectivity index (χ2v) is 7.47. The standard InChI is InChI=1S/C20H20N4O4S/c25-19(13-24-7-9-27-10-8-24)21-14-3-5-15(6-4-14)22-20(26)16-12-17(28-23-16)18-2-1-11-29-18/h1-6,11-12H,7-10,13H2,(H,21,25)(H,22,26). The molecular weight excluding hydrogens is 392 g/mol. The van der Waals surface area contributed by atoms with Crippen molar-refractivity contribution in [3.8, 4) is 10.6 Å². The van der Waals surface area contributed by atoms with Crippen LogP contribution in [-0.4, -0.2) is 54.7 Å². The molecule has 0 bridgehead atoms. The Bertz CT molecular complexity index is 963. The summed E-state index contributed by atoms with van der Waals surface area (Å²) in [5.74, 6) is 0.122. The Labute approximate surface area is 171 Å². The van der Waals surface area contributed by atoms with E-state index in [1.807, 2.05) is 17.5 Å². The highest BCUT2D eigenvalue weighted by Crippen LogP contribution is 2.25. The van der Waals surface area contributed by atoms with Gasteiger partial charge in [-0.05, 0) is 35.7 Å². The van der Waals surface area contributed by atoms with E-state index in [9.17, 15) is 9.59 Å². The number of morpholine rings is 1. The molecule has 4 rings (SSSR count). The number of carbonyl (C=O) groups is 2. The maximum absolute atomic E-state index is 12.4. The number of amides is 2. The summed E-state index contributed by atoms with van der Waals surface area (Å²) < 4.78 is 10.5. The first-order chi connectivity index (χ1) is 14.2. The number of nitrogens with one attached hydrogen (secondary N) is 2. The van der Waals surface area contributed by atoms with Crippen LogP contribution in [0.5, 0.6) is 0 Å². The number of nitrogens with zero attached hydrogens (tertiary/aromatic N) is 2. The van der Waals surface area contributed by atoms with Gasteiger partial charge in [0.2, 0.25) is 5.91 Å². The average Bonchev–Trinajstić information content (AvgIpc) is 3.42. The van der Waals surface area contributed by atoms with Crippen molar-refractivity contribution in [1.29, 1.82) is 0 Å². The quantitative estimate of drug-likeness (QED) is 0.646. The van der Waals surface area contributed by atoms with Crippen molar-refractivity contribution in [3.63, 3.8) is 0 Å². The Morgan fingerprint density at radius 3 is 2.48 bits per heavy atom. The highest BCUT2D eigenvalue weighted by Gasteiger charge is 2.16. The molecule has 1 aliphatic heterocycles. The minimum atomic E-state index is -0.361. The Kier molecular flexibility index (Phi) is 5.99. The molecule has 2 N–H and O–H groups in total. The van der Waals surface area contributed by atoms with E-state index in [1.165, 1.54) is 11.3 Å². The normalized spacial score (nSPS) is 14.5. The lowest BCUT2D eigenvalue weighted by Gasteiger charge is -2.25. The maximum atomic E-state index is 12.4. The average molecular weight is 412 g/mol. The fourth-order valence-electron chi connectivity index (χ4n) is 2.91. The highest BCUT2D eigenvalue weighted by molar-refractivity contribution is 7.13. The Balaban J connectivity index is 1.31. The number of hydrogen-bond donors (Lipinski definition) is 2. The van der Waals surface area contributed by atoms with Gasteiger partial charge in [0.25, 0.3) is 5.91 Å². The lowest BCUT2D eigenvalue weighted by molar-refractivity contribution is -0.118. The molecule has 0 unspecified atom stereocenters. The first-order valence-corrected chi connectivity index (χ1v) is 10.1. The molecule has 1 fully saturated rings. The van der Waals surface area contributed by atoms with Gasteiger partial charge < -0.3 is 19.9 Å². The number of anilines is 2. The van der Waals surface area contributed by atoms with E-state index in [1.54, 1.807) is 30.3 Å². The summed E-state index contributed by atoms with van der Waals surface area (Å²) >= 11 is 1.51. The summed E-state index contributed by atoms with van der Waals surface area (Å²) in [5.41, 5.74) is 1.47. The van der Waals surface area contributed by atoms with Crippen LogP contribution in [0.25, 0.3) is 10.6 Å². The van der Waals surface area contributed by atoms with Crippen LogP contribution in [0.2, 0.25) is 0 Å². The summed E-state index contributed by atoms with van der Waals surface area (Å²) in [6, 6.07) is 12.4. The van der Waals surface area contributed by atoms with E-state index in [2.05, 4.69) is 20.7 Å². The molecule has 2 aromatic heterocycles. The fraction of sp³-hybridized carbons (Fsp3) is 0.250. The van der Waals surface area contributed by atoms with E-state index >= 15 is 0 Å². The molecule has 2 amide bonds. The molecule has 0 saturated carbocycles. The maximum Gasteiger partial charge on any atom is 0.277 e. The second-order valence-electron chi connectivity index (χ2n) is 6.52. The van der Waals surface area contributed by atoms with Gasteiger partial charge in [0.1, 0.15) is 0 Å². The summed E-state index contributed by atoms with van der Waals surface area (Å²) in [6.07, 6.45) is 0. The van der Waals surface area contributed by atoms with E-state index in [-0.39, 0.29) is 17.5 Å². The molecule has 1 saturated heterocycles. The van der Waals surface area contributed by atoms with Gasteiger partial charge in [-0.1, -0.05) is 11.2 Å². The Morgan fingerprint density at radius 1 is 1.07 bits per heavy atom. The van der Waals surface area contributed by atoms with E-state index in [0.29, 0.717) is 36.9 Å². The topological polar surface area (TPSA) is 96.7 Å². The van der Waals surface area contributed by atoms with Gasteiger partial charge in [-0.15, -0.1) is 11.3 Å². The summed E-state index contributed by atoms with van der Waals surface area (Å²) in [6.45, 7) is 3.16. The molecule has 1 aliphatic rings. The molecule has 0 atom stereocenters. The van der Waals surface area contributed by atoms with Crippen molar-refractivity contribution in [2.75, 3.05) is 43.5 Å². The second kappa shape index (κ2) is 8.99. The molecule has 150 valence electrons. The molecule has 29 heavy (non-hydrogen) atoms. The van der Waals surface area contributed by atoms with Crippen molar-refractivity contribution in [2.45, 2.75) is 0 Å². The summed E-state index contributed by atoms with van der Waals surface area (Å²) in [4.78, 5) is 27.5. The van der Waals surface area contributed by atoms with Crippen molar-refractivity contribution in [2.24, 2.45) is 0 Å². The molecule has 0 spiro atoms. The van der Waals surface area contributed by atoms with Crippen molar-refractivity contribution in [3.05, 3.63) is 53.5 Å². The predicted molar refractivity (Wildman–Crippen MR) is 110 cm³/mol. The molecule has 9 heteroatoms. The zero-order chi connectivity index (χ0) is 20.1. The third-order valence-corrected chi connectivity index (χ3v) is 5.29. The van der Waals surface area contributed by atoms with Crippen LogP contribution in [0.4, 0.5) is 11.4 Å². The largest absolute Gasteiger partial charge is 0.379 e. The van der Waals surface area contributed by atoms with Crippen LogP contribution in [0.15, 0.2) is 52.4 Å². The number of rotatable bonds is 6. The Morgan fingerprint density at radius 2 is 1.79 bits per heavy atom. The van der Waals surface area contributed by atoms with Crippen LogP contribution < -0.4 is 10.6 Å². The first-order valence-electron chi connectivity index (χ1n) is 9.19. The molecule has 8 nitrogen and oxygen atoms in total. The van der Waals surface area contributed by atoms with Crippen LogP contribution in [0, 0.1) is 0 Å². The number of benzene rings is 1. The smallest absolute Gasteiger partial charge is 0.277 e. The highest BCUT2D eigenvalue weighted by atomic mass is 32.1. The number of hydrogen-bond acceptors (Lipinski definition) is 7. The molecule has 3 heterocycles. The van der Waals surface area contributed by atoms with Gasteiger partial charge >= 0.3 is 0 Å². The van der Waals surface area contributed by atoms with Crippen molar-refractivity contribution in [1.82, 2.24) is 10.1 Å². The lowest BCUT2D eigenvalue weighted by Crippen LogP contribution is -2.41. The van der Waals surface area contributed by atoms with Crippen LogP contribution >= 0.6 is 11.3 Å². The third kappa shape index (κ3) is 5.08. The molecule has 0 radical (unpaired) electrons. The molecule has 3 aromatic rings. The summed E-state index contributed by atoms with van der Waals surface area (Å²) in [7, 11) is 0. The minimum absolute atomic E-state index is 0.0765. The lowest BCUT2D eigenvalue weighted by atomic mass is 10.2. The van der Waals surface area contributed by atoms with Gasteiger partial charge in [0, 0.05) is 30.5 Å². The van der Waals surface area contributed by atoms with E-state index in [4.69, 9.17) is 9.26 Å². The van der Waals surface area contributed by atoms with Gasteiger partial charge in [0.05, 0.1) is 24.6 Å². The predicted octanol–water partition coefficient (Wildman–Crippen LogP) is 2.93. The first kappa shape index (κ1) is 19.3. The molecule has 1 aromatic carbocycles. The van der Waals surface area contributed by atoms with Crippen LogP contribution in [0.3, 0.4) is 0 Å². The van der Waals surface area contributed by atoms with Gasteiger partial charge in [-0.2, -0.15) is 0 Å². The number of carbonyl (C=O) groups excluding carboxylic acids is 2. The monoisotopic (exact) mass is 412 g/mol. The van der Waals surface area contributed by atoms with E-state index < -0.39 is 0 Å². The zero-order valence-electron chi connectivity index (χ0n) is 15.6. The van der Waals surface area contributed by atoms with Crippen LogP contribution in [0.1, 0.15) is 10.5 Å².